The van der Waals surface area contributed by atoms with Gasteiger partial charge >= 0.3 is 0 Å². The average molecular weight is 462 g/mol. The monoisotopic (exact) mass is 462 g/mol. The highest BCUT2D eigenvalue weighted by atomic mass is 127. The third kappa shape index (κ3) is 5.98. The predicted molar refractivity (Wildman–Crippen MR) is 118 cm³/mol. The lowest BCUT2D eigenvalue weighted by Gasteiger charge is -2.44. The number of nitrogens with zero attached hydrogens (tertiary/aromatic N) is 3. The Morgan fingerprint density at radius 2 is 1.76 bits per heavy atom. The summed E-state index contributed by atoms with van der Waals surface area (Å²) in [5.41, 5.74) is 0.581. The van der Waals surface area contributed by atoms with Gasteiger partial charge in [0.1, 0.15) is 0 Å². The number of nitrogens with one attached hydrogen (secondary N) is 1. The molecule has 1 N–H and O–H groups in total. The van der Waals surface area contributed by atoms with Gasteiger partial charge in [0.2, 0.25) is 0 Å². The Bertz CT molecular complexity index is 418. The van der Waals surface area contributed by atoms with Crippen LogP contribution in [-0.4, -0.2) is 62.6 Å². The second kappa shape index (κ2) is 10.3. The molecule has 2 saturated heterocycles. The molecule has 1 saturated carbocycles. The van der Waals surface area contributed by atoms with Gasteiger partial charge in [-0.25, -0.2) is 0 Å². The van der Waals surface area contributed by atoms with E-state index in [0.717, 1.165) is 18.4 Å². The first-order valence-electron chi connectivity index (χ1n) is 10.3. The van der Waals surface area contributed by atoms with Gasteiger partial charge in [-0.2, -0.15) is 0 Å². The van der Waals surface area contributed by atoms with Crippen LogP contribution in [0.3, 0.4) is 0 Å². The summed E-state index contributed by atoms with van der Waals surface area (Å²) in [6, 6.07) is 0. The van der Waals surface area contributed by atoms with E-state index in [-0.39, 0.29) is 24.0 Å². The van der Waals surface area contributed by atoms with Crippen molar-refractivity contribution in [3.05, 3.63) is 0 Å². The molecule has 0 aromatic heterocycles. The molecule has 0 radical (unpaired) electrons. The van der Waals surface area contributed by atoms with Gasteiger partial charge in [-0.05, 0) is 63.5 Å². The number of rotatable bonds is 2. The van der Waals surface area contributed by atoms with Crippen LogP contribution in [0.25, 0.3) is 0 Å². The van der Waals surface area contributed by atoms with Crippen molar-refractivity contribution < 1.29 is 0 Å². The van der Waals surface area contributed by atoms with E-state index in [1.165, 1.54) is 90.4 Å². The topological polar surface area (TPSA) is 30.9 Å². The molecule has 3 aliphatic rings. The lowest BCUT2D eigenvalue weighted by atomic mass is 9.74. The van der Waals surface area contributed by atoms with Crippen LogP contribution in [-0.2, 0) is 0 Å². The zero-order valence-electron chi connectivity index (χ0n) is 16.4. The molecule has 5 heteroatoms. The summed E-state index contributed by atoms with van der Waals surface area (Å²) in [5, 5.41) is 3.72. The van der Waals surface area contributed by atoms with Gasteiger partial charge in [-0.1, -0.05) is 25.7 Å². The highest BCUT2D eigenvalue weighted by Crippen LogP contribution is 2.42. The summed E-state index contributed by atoms with van der Waals surface area (Å²) in [5.74, 6) is 1.93. The fourth-order valence-electron chi connectivity index (χ4n) is 5.28. The van der Waals surface area contributed by atoms with E-state index in [2.05, 4.69) is 27.2 Å². The van der Waals surface area contributed by atoms with E-state index in [1.54, 1.807) is 0 Å². The van der Waals surface area contributed by atoms with Crippen molar-refractivity contribution in [2.45, 2.75) is 64.2 Å². The van der Waals surface area contributed by atoms with E-state index in [1.807, 2.05) is 7.05 Å². The van der Waals surface area contributed by atoms with Crippen LogP contribution >= 0.6 is 24.0 Å². The maximum Gasteiger partial charge on any atom is 0.193 e. The Labute approximate surface area is 172 Å². The quantitative estimate of drug-likeness (QED) is 0.383. The number of hydrogen-bond acceptors (Lipinski definition) is 2. The SMILES string of the molecule is CN=C(NCC1CCCN(C)C1)N1CCCC2(CCCCCC2)C1.I. The molecule has 1 unspecified atom stereocenters. The highest BCUT2D eigenvalue weighted by molar-refractivity contribution is 14.0. The molecule has 0 amide bonds. The van der Waals surface area contributed by atoms with Crippen LogP contribution in [0.2, 0.25) is 0 Å². The summed E-state index contributed by atoms with van der Waals surface area (Å²) in [7, 11) is 4.21. The lowest BCUT2D eigenvalue weighted by molar-refractivity contribution is 0.115. The second-order valence-corrected chi connectivity index (χ2v) is 8.64. The van der Waals surface area contributed by atoms with Crippen LogP contribution in [0.15, 0.2) is 4.99 Å². The molecule has 146 valence electrons. The summed E-state index contributed by atoms with van der Waals surface area (Å²) in [6.07, 6.45) is 14.1. The smallest absolute Gasteiger partial charge is 0.193 e. The second-order valence-electron chi connectivity index (χ2n) is 8.64. The normalized spacial score (nSPS) is 28.3. The van der Waals surface area contributed by atoms with Crippen LogP contribution in [0.1, 0.15) is 64.2 Å². The van der Waals surface area contributed by atoms with Crippen molar-refractivity contribution in [3.8, 4) is 0 Å². The summed E-state index contributed by atoms with van der Waals surface area (Å²) >= 11 is 0. The minimum absolute atomic E-state index is 0. The first-order chi connectivity index (χ1) is 11.7. The predicted octanol–water partition coefficient (Wildman–Crippen LogP) is 3.96. The molecule has 1 aliphatic carbocycles. The van der Waals surface area contributed by atoms with Gasteiger partial charge in [-0.3, -0.25) is 4.99 Å². The largest absolute Gasteiger partial charge is 0.356 e. The molecular weight excluding hydrogens is 423 g/mol. The number of guanidine groups is 1. The summed E-state index contributed by atoms with van der Waals surface area (Å²) < 4.78 is 0. The molecule has 2 aliphatic heterocycles. The molecule has 3 rings (SSSR count). The number of likely N-dealkylation sites (tertiary alicyclic amines) is 2. The van der Waals surface area contributed by atoms with Crippen molar-refractivity contribution in [2.24, 2.45) is 16.3 Å². The van der Waals surface area contributed by atoms with E-state index in [0.29, 0.717) is 5.41 Å². The van der Waals surface area contributed by atoms with Crippen molar-refractivity contribution in [1.82, 2.24) is 15.1 Å². The summed E-state index contributed by atoms with van der Waals surface area (Å²) in [4.78, 5) is 9.68. The van der Waals surface area contributed by atoms with Gasteiger partial charge in [0.25, 0.3) is 0 Å². The van der Waals surface area contributed by atoms with Crippen molar-refractivity contribution >= 4 is 29.9 Å². The van der Waals surface area contributed by atoms with Crippen molar-refractivity contribution in [2.75, 3.05) is 46.8 Å². The molecular formula is C20H39IN4. The van der Waals surface area contributed by atoms with Gasteiger partial charge in [0, 0.05) is 33.2 Å². The number of halogens is 1. The van der Waals surface area contributed by atoms with Gasteiger partial charge in [0.05, 0.1) is 0 Å². The number of aliphatic imine (C=N–C) groups is 1. The standard InChI is InChI=1S/C20H38N4.HI/c1-21-19(22-15-18-9-7-13-23(2)16-18)24-14-8-12-20(17-24)10-5-3-4-6-11-20;/h18H,3-17H2,1-2H3,(H,21,22);1H. The van der Waals surface area contributed by atoms with Crippen LogP contribution in [0.5, 0.6) is 0 Å². The fourth-order valence-corrected chi connectivity index (χ4v) is 5.28. The molecule has 0 aromatic carbocycles. The third-order valence-electron chi connectivity index (χ3n) is 6.61. The van der Waals surface area contributed by atoms with Crippen LogP contribution in [0, 0.1) is 11.3 Å². The van der Waals surface area contributed by atoms with E-state index >= 15 is 0 Å². The van der Waals surface area contributed by atoms with E-state index in [4.69, 9.17) is 0 Å². The third-order valence-corrected chi connectivity index (χ3v) is 6.61. The maximum atomic E-state index is 4.63. The first kappa shape index (κ1) is 21.3. The fraction of sp³-hybridized carbons (Fsp3) is 0.950. The number of hydrogen-bond donors (Lipinski definition) is 1. The molecule has 1 atom stereocenters. The van der Waals surface area contributed by atoms with Crippen LogP contribution < -0.4 is 5.32 Å². The zero-order valence-corrected chi connectivity index (χ0v) is 18.8. The molecule has 0 aromatic rings. The minimum Gasteiger partial charge on any atom is -0.356 e. The Hall–Kier alpha value is -0.0400. The average Bonchev–Trinajstić information content (AvgIpc) is 2.81. The van der Waals surface area contributed by atoms with Crippen LogP contribution in [0.4, 0.5) is 0 Å². The maximum absolute atomic E-state index is 4.63. The Morgan fingerprint density at radius 3 is 2.44 bits per heavy atom. The number of piperidine rings is 2. The molecule has 0 bridgehead atoms. The molecule has 2 heterocycles. The van der Waals surface area contributed by atoms with Gasteiger partial charge in [-0.15, -0.1) is 24.0 Å². The van der Waals surface area contributed by atoms with Crippen molar-refractivity contribution in [3.63, 3.8) is 0 Å². The summed E-state index contributed by atoms with van der Waals surface area (Å²) in [6.45, 7) is 6.00. The molecule has 4 nitrogen and oxygen atoms in total. The molecule has 3 fully saturated rings. The van der Waals surface area contributed by atoms with Gasteiger partial charge < -0.3 is 15.1 Å². The zero-order chi connectivity index (χ0) is 16.8. The Kier molecular flexibility index (Phi) is 8.79. The first-order valence-corrected chi connectivity index (χ1v) is 10.3. The molecule has 1 spiro atoms. The minimum atomic E-state index is 0. The Balaban J connectivity index is 0.00000225. The van der Waals surface area contributed by atoms with Gasteiger partial charge in [0.15, 0.2) is 5.96 Å². The Morgan fingerprint density at radius 1 is 1.04 bits per heavy atom. The van der Waals surface area contributed by atoms with Crippen molar-refractivity contribution in [1.29, 1.82) is 0 Å². The van der Waals surface area contributed by atoms with E-state index < -0.39 is 0 Å². The lowest BCUT2D eigenvalue weighted by Crippen LogP contribution is -2.52. The highest BCUT2D eigenvalue weighted by Gasteiger charge is 2.36. The molecule has 25 heavy (non-hydrogen) atoms. The van der Waals surface area contributed by atoms with E-state index in [9.17, 15) is 0 Å².